The number of aromatic amines is 2. The predicted octanol–water partition coefficient (Wildman–Crippen LogP) is 3.32. The fourth-order valence-corrected chi connectivity index (χ4v) is 4.16. The predicted molar refractivity (Wildman–Crippen MR) is 114 cm³/mol. The van der Waals surface area contributed by atoms with Gasteiger partial charge in [0.05, 0.1) is 15.7 Å². The molecule has 4 rings (SSSR count). The summed E-state index contributed by atoms with van der Waals surface area (Å²) in [5, 5.41) is 6.58. The van der Waals surface area contributed by atoms with Crippen LogP contribution in [0.1, 0.15) is 43.0 Å². The second-order valence-corrected chi connectivity index (χ2v) is 8.17. The summed E-state index contributed by atoms with van der Waals surface area (Å²) < 4.78 is 7.15. The van der Waals surface area contributed by atoms with Crippen LogP contribution in [-0.4, -0.2) is 19.7 Å². The van der Waals surface area contributed by atoms with E-state index >= 15 is 0 Å². The van der Waals surface area contributed by atoms with Crippen molar-refractivity contribution in [2.75, 3.05) is 0 Å². The van der Waals surface area contributed by atoms with E-state index in [1.165, 1.54) is 22.8 Å². The molecule has 0 radical (unpaired) electrons. The van der Waals surface area contributed by atoms with Gasteiger partial charge in [0.15, 0.2) is 5.75 Å². The molecule has 0 amide bonds. The third kappa shape index (κ3) is 3.57. The Morgan fingerprint density at radius 3 is 2.43 bits per heavy atom. The summed E-state index contributed by atoms with van der Waals surface area (Å²) in [6.07, 6.45) is 2.02. The number of rotatable bonds is 4. The largest absolute Gasteiger partial charge is 0.434 e. The van der Waals surface area contributed by atoms with Crippen LogP contribution in [0.15, 0.2) is 32.6 Å². The first kappa shape index (κ1) is 20.4. The Balaban J connectivity index is 1.77. The Bertz CT molecular complexity index is 1300. The van der Waals surface area contributed by atoms with Crippen LogP contribution in [0.3, 0.4) is 0 Å². The molecule has 0 spiro atoms. The second-order valence-electron chi connectivity index (χ2n) is 7.36. The molecule has 0 unspecified atom stereocenters. The van der Waals surface area contributed by atoms with Gasteiger partial charge in [-0.05, 0) is 37.3 Å². The lowest BCUT2D eigenvalue weighted by molar-refractivity contribution is 0.452. The van der Waals surface area contributed by atoms with Crippen LogP contribution in [0, 0.1) is 0 Å². The van der Waals surface area contributed by atoms with Crippen LogP contribution in [0.4, 0.5) is 0 Å². The molecule has 2 heterocycles. The summed E-state index contributed by atoms with van der Waals surface area (Å²) in [4.78, 5) is 38.7. The zero-order valence-corrected chi connectivity index (χ0v) is 17.7. The van der Waals surface area contributed by atoms with Crippen molar-refractivity contribution >= 4 is 23.2 Å². The Hall–Kier alpha value is -2.84. The average molecular weight is 449 g/mol. The van der Waals surface area contributed by atoms with Crippen molar-refractivity contribution in [3.8, 4) is 17.3 Å². The number of halogens is 2. The maximum atomic E-state index is 12.5. The third-order valence-electron chi connectivity index (χ3n) is 5.03. The lowest BCUT2D eigenvalue weighted by Crippen LogP contribution is -2.32. The van der Waals surface area contributed by atoms with Crippen LogP contribution in [0.25, 0.3) is 5.69 Å². The molecule has 3 aromatic rings. The first-order chi connectivity index (χ1) is 14.3. The normalized spacial score (nSPS) is 13.0. The summed E-state index contributed by atoms with van der Waals surface area (Å²) in [7, 11) is 0. The molecule has 1 aliphatic rings. The monoisotopic (exact) mass is 448 g/mol. The Labute approximate surface area is 180 Å². The molecule has 8 nitrogen and oxygen atoms in total. The molecular weight excluding hydrogens is 431 g/mol. The van der Waals surface area contributed by atoms with E-state index in [1.807, 2.05) is 13.8 Å². The van der Waals surface area contributed by atoms with Gasteiger partial charge in [-0.3, -0.25) is 19.1 Å². The highest BCUT2D eigenvalue weighted by Gasteiger charge is 2.22. The maximum Gasteiger partial charge on any atom is 0.333 e. The van der Waals surface area contributed by atoms with Gasteiger partial charge >= 0.3 is 5.69 Å². The molecule has 1 aromatic carbocycles. The second kappa shape index (κ2) is 7.77. The molecule has 2 N–H and O–H groups in total. The fourth-order valence-electron chi connectivity index (χ4n) is 3.60. The van der Waals surface area contributed by atoms with Gasteiger partial charge in [0.2, 0.25) is 5.88 Å². The van der Waals surface area contributed by atoms with Gasteiger partial charge in [-0.2, -0.15) is 0 Å². The van der Waals surface area contributed by atoms with Crippen LogP contribution >= 0.6 is 23.2 Å². The number of nitrogens with one attached hydrogen (secondary N) is 2. The van der Waals surface area contributed by atoms with E-state index in [-0.39, 0.29) is 38.7 Å². The molecule has 0 fully saturated rings. The molecule has 0 bridgehead atoms. The molecular formula is C20H18Cl2N4O4. The zero-order valence-electron chi connectivity index (χ0n) is 16.2. The number of H-pyrrole nitrogens is 2. The maximum absolute atomic E-state index is 12.5. The van der Waals surface area contributed by atoms with Crippen molar-refractivity contribution in [2.45, 2.75) is 39.0 Å². The molecule has 0 saturated carbocycles. The van der Waals surface area contributed by atoms with Crippen molar-refractivity contribution in [1.29, 1.82) is 0 Å². The fraction of sp³-hybridized carbons (Fsp3) is 0.300. The summed E-state index contributed by atoms with van der Waals surface area (Å²) in [5.74, 6) is 0.254. The first-order valence-electron chi connectivity index (χ1n) is 9.40. The van der Waals surface area contributed by atoms with Gasteiger partial charge in [0.25, 0.3) is 11.1 Å². The minimum absolute atomic E-state index is 0.0263. The number of hydrogen-bond donors (Lipinski definition) is 2. The van der Waals surface area contributed by atoms with Gasteiger partial charge in [-0.25, -0.2) is 9.89 Å². The van der Waals surface area contributed by atoms with E-state index in [0.29, 0.717) is 35.3 Å². The van der Waals surface area contributed by atoms with E-state index in [1.54, 1.807) is 0 Å². The number of aromatic nitrogens is 4. The van der Waals surface area contributed by atoms with E-state index in [0.717, 1.165) is 6.42 Å². The minimum atomic E-state index is -0.551. The van der Waals surface area contributed by atoms with Crippen LogP contribution < -0.4 is 21.5 Å². The summed E-state index contributed by atoms with van der Waals surface area (Å²) in [6.45, 7) is 3.76. The number of benzene rings is 1. The van der Waals surface area contributed by atoms with Crippen molar-refractivity contribution in [1.82, 2.24) is 19.7 Å². The summed E-state index contributed by atoms with van der Waals surface area (Å²) >= 11 is 12.8. The quantitative estimate of drug-likeness (QED) is 0.635. The average Bonchev–Trinajstić information content (AvgIpc) is 3.15. The molecule has 2 aromatic heterocycles. The van der Waals surface area contributed by atoms with Gasteiger partial charge in [0, 0.05) is 22.9 Å². The van der Waals surface area contributed by atoms with Gasteiger partial charge < -0.3 is 4.74 Å². The van der Waals surface area contributed by atoms with E-state index in [4.69, 9.17) is 27.9 Å². The zero-order chi connectivity index (χ0) is 21.6. The summed E-state index contributed by atoms with van der Waals surface area (Å²) in [5.41, 5.74) is 0.995. The number of nitrogens with zero attached hydrogens (tertiary/aromatic N) is 2. The van der Waals surface area contributed by atoms with Crippen LogP contribution in [-0.2, 0) is 12.8 Å². The van der Waals surface area contributed by atoms with Gasteiger partial charge in [-0.1, -0.05) is 37.0 Å². The lowest BCUT2D eigenvalue weighted by Gasteiger charge is -2.15. The highest BCUT2D eigenvalue weighted by Crippen LogP contribution is 2.38. The van der Waals surface area contributed by atoms with E-state index < -0.39 is 5.69 Å². The summed E-state index contributed by atoms with van der Waals surface area (Å²) in [6, 6.07) is 4.61. The highest BCUT2D eigenvalue weighted by molar-refractivity contribution is 6.37. The van der Waals surface area contributed by atoms with E-state index in [2.05, 4.69) is 15.2 Å². The van der Waals surface area contributed by atoms with Gasteiger partial charge in [-0.15, -0.1) is 5.10 Å². The number of ether oxygens (including phenoxy) is 1. The molecule has 1 aliphatic carbocycles. The Morgan fingerprint density at radius 2 is 1.77 bits per heavy atom. The van der Waals surface area contributed by atoms with Crippen molar-refractivity contribution in [3.05, 3.63) is 76.3 Å². The first-order valence-corrected chi connectivity index (χ1v) is 10.2. The van der Waals surface area contributed by atoms with Crippen LogP contribution in [0.2, 0.25) is 10.0 Å². The topological polar surface area (TPSA) is 110 Å². The molecule has 156 valence electrons. The molecule has 0 saturated heterocycles. The number of fused-ring (bicyclic) bond motifs is 1. The van der Waals surface area contributed by atoms with Crippen molar-refractivity contribution in [3.63, 3.8) is 0 Å². The SMILES string of the molecule is CC(C)c1cc(Oc2c(Cl)cc(-n3c4c(c(=O)[nH]c3=O)CCC4)cc2Cl)n[nH]c1=O. The Morgan fingerprint density at radius 1 is 1.07 bits per heavy atom. The molecule has 0 atom stereocenters. The van der Waals surface area contributed by atoms with E-state index in [9.17, 15) is 14.4 Å². The highest BCUT2D eigenvalue weighted by atomic mass is 35.5. The van der Waals surface area contributed by atoms with Gasteiger partial charge in [0.1, 0.15) is 0 Å². The molecule has 10 heteroatoms. The standard InChI is InChI=1S/C20H18Cl2N4O4/c1-9(2)12-8-16(24-25-19(12)28)30-17-13(21)6-10(7-14(17)22)26-15-5-3-4-11(15)18(27)23-20(26)29/h6-9H,3-5H2,1-2H3,(H,25,28)(H,23,27,29). The third-order valence-corrected chi connectivity index (χ3v) is 5.60. The smallest absolute Gasteiger partial charge is 0.333 e. The lowest BCUT2D eigenvalue weighted by atomic mass is 10.1. The molecule has 0 aliphatic heterocycles. The van der Waals surface area contributed by atoms with Crippen LogP contribution in [0.5, 0.6) is 11.6 Å². The Kier molecular flexibility index (Phi) is 5.29. The molecule has 30 heavy (non-hydrogen) atoms. The van der Waals surface area contributed by atoms with Crippen molar-refractivity contribution in [2.24, 2.45) is 0 Å². The van der Waals surface area contributed by atoms with Crippen molar-refractivity contribution < 1.29 is 4.74 Å². The minimum Gasteiger partial charge on any atom is -0.434 e. The number of hydrogen-bond acceptors (Lipinski definition) is 5.